The molecule has 8 heteroatoms. The number of hydrogen-bond acceptors (Lipinski definition) is 5. The second kappa shape index (κ2) is 8.94. The summed E-state index contributed by atoms with van der Waals surface area (Å²) in [5.41, 5.74) is -0.119. The summed E-state index contributed by atoms with van der Waals surface area (Å²) in [6, 6.07) is 3.55. The van der Waals surface area contributed by atoms with Crippen molar-refractivity contribution in [3.63, 3.8) is 0 Å². The van der Waals surface area contributed by atoms with Crippen molar-refractivity contribution in [3.8, 4) is 22.8 Å². The average molecular weight is 445 g/mol. The normalized spacial score (nSPS) is 16.3. The van der Waals surface area contributed by atoms with Gasteiger partial charge in [-0.25, -0.2) is 9.18 Å². The van der Waals surface area contributed by atoms with Gasteiger partial charge in [-0.05, 0) is 55.2 Å². The average Bonchev–Trinajstić information content (AvgIpc) is 3.52. The summed E-state index contributed by atoms with van der Waals surface area (Å²) < 4.78 is 33.5. The lowest BCUT2D eigenvalue weighted by molar-refractivity contribution is 0.0693. The van der Waals surface area contributed by atoms with Gasteiger partial charge >= 0.3 is 5.97 Å². The van der Waals surface area contributed by atoms with Crippen molar-refractivity contribution >= 4 is 5.97 Å². The van der Waals surface area contributed by atoms with Crippen LogP contribution in [-0.4, -0.2) is 43.1 Å². The molecule has 0 unspecified atom stereocenters. The van der Waals surface area contributed by atoms with Gasteiger partial charge in [0.2, 0.25) is 5.43 Å². The molecule has 1 fully saturated rings. The number of ether oxygens (including phenoxy) is 3. The van der Waals surface area contributed by atoms with Crippen molar-refractivity contribution in [2.24, 2.45) is 5.41 Å². The van der Waals surface area contributed by atoms with Crippen LogP contribution in [0.5, 0.6) is 11.5 Å². The van der Waals surface area contributed by atoms with E-state index in [0.29, 0.717) is 49.7 Å². The summed E-state index contributed by atoms with van der Waals surface area (Å²) in [6.45, 7) is 1.50. The number of hydrogen-bond donors (Lipinski definition) is 1. The Morgan fingerprint density at radius 2 is 1.97 bits per heavy atom. The van der Waals surface area contributed by atoms with Crippen molar-refractivity contribution in [1.82, 2.24) is 4.57 Å². The van der Waals surface area contributed by atoms with E-state index in [-0.39, 0.29) is 11.1 Å². The number of aromatic nitrogens is 1. The molecular formula is C24H28FNO6. The Bertz CT molecular complexity index is 1090. The fourth-order valence-corrected chi connectivity index (χ4v) is 4.55. The first-order chi connectivity index (χ1) is 15.4. The number of fused-ring (bicyclic) bond motifs is 3. The standard InChI is InChI=1S/C24H28FNO6/c1-30-9-4-10-32-19-11-15-5-3-6-24(7-8-24)14-26-13-17(23(28)29)22(27)20(25)21(26)16(15)12-18(19)31-2/h11-13H,3-10,14H2,1-2H3,(H,28,29). The largest absolute Gasteiger partial charge is 0.493 e. The van der Waals surface area contributed by atoms with Crippen molar-refractivity contribution in [2.45, 2.75) is 45.1 Å². The summed E-state index contributed by atoms with van der Waals surface area (Å²) in [6.07, 6.45) is 6.59. The van der Waals surface area contributed by atoms with Gasteiger partial charge in [-0.15, -0.1) is 0 Å². The number of carboxylic acid groups (broad SMARTS) is 1. The third-order valence-electron chi connectivity index (χ3n) is 6.47. The fourth-order valence-electron chi connectivity index (χ4n) is 4.55. The van der Waals surface area contributed by atoms with Crippen LogP contribution in [0.3, 0.4) is 0 Å². The lowest BCUT2D eigenvalue weighted by Gasteiger charge is -2.21. The van der Waals surface area contributed by atoms with Gasteiger partial charge in [0, 0.05) is 38.4 Å². The highest BCUT2D eigenvalue weighted by molar-refractivity contribution is 5.88. The molecule has 0 atom stereocenters. The Morgan fingerprint density at radius 3 is 2.62 bits per heavy atom. The van der Waals surface area contributed by atoms with Gasteiger partial charge in [-0.1, -0.05) is 0 Å². The zero-order chi connectivity index (χ0) is 22.9. The van der Waals surface area contributed by atoms with E-state index in [2.05, 4.69) is 0 Å². The Labute approximate surface area is 185 Å². The molecule has 4 rings (SSSR count). The van der Waals surface area contributed by atoms with Crippen LogP contribution in [0.1, 0.15) is 48.0 Å². The highest BCUT2D eigenvalue weighted by Gasteiger charge is 2.43. The molecule has 1 aromatic carbocycles. The predicted molar refractivity (Wildman–Crippen MR) is 116 cm³/mol. The Kier molecular flexibility index (Phi) is 6.24. The molecule has 0 bridgehead atoms. The van der Waals surface area contributed by atoms with Crippen LogP contribution >= 0.6 is 0 Å². The van der Waals surface area contributed by atoms with Gasteiger partial charge in [0.15, 0.2) is 17.3 Å². The maximum absolute atomic E-state index is 15.4. The highest BCUT2D eigenvalue weighted by atomic mass is 19.1. The summed E-state index contributed by atoms with van der Waals surface area (Å²) >= 11 is 0. The number of methoxy groups -OCH3 is 2. The number of pyridine rings is 1. The first kappa shape index (κ1) is 22.3. The van der Waals surface area contributed by atoms with Crippen LogP contribution < -0.4 is 14.9 Å². The van der Waals surface area contributed by atoms with Gasteiger partial charge in [-0.3, -0.25) is 4.79 Å². The van der Waals surface area contributed by atoms with E-state index in [4.69, 9.17) is 14.2 Å². The first-order valence-corrected chi connectivity index (χ1v) is 10.9. The van der Waals surface area contributed by atoms with Crippen molar-refractivity contribution < 1.29 is 28.5 Å². The summed E-state index contributed by atoms with van der Waals surface area (Å²) in [5, 5.41) is 9.43. The monoisotopic (exact) mass is 445 g/mol. The van der Waals surface area contributed by atoms with E-state index >= 15 is 4.39 Å². The minimum atomic E-state index is -1.42. The first-order valence-electron chi connectivity index (χ1n) is 10.9. The molecule has 1 spiro atoms. The molecule has 32 heavy (non-hydrogen) atoms. The predicted octanol–water partition coefficient (Wildman–Crippen LogP) is 3.89. The smallest absolute Gasteiger partial charge is 0.341 e. The molecule has 1 aromatic heterocycles. The van der Waals surface area contributed by atoms with Crippen LogP contribution in [0.15, 0.2) is 23.1 Å². The fraction of sp³-hybridized carbons (Fsp3) is 0.500. The Hall–Kier alpha value is -2.87. The number of carbonyl (C=O) groups is 1. The van der Waals surface area contributed by atoms with E-state index < -0.39 is 22.8 Å². The number of nitrogens with zero attached hydrogens (tertiary/aromatic N) is 1. The van der Waals surface area contributed by atoms with Gasteiger partial charge in [-0.2, -0.15) is 0 Å². The van der Waals surface area contributed by atoms with Crippen molar-refractivity contribution in [2.75, 3.05) is 27.4 Å². The number of aromatic carboxylic acids is 1. The summed E-state index contributed by atoms with van der Waals surface area (Å²) in [7, 11) is 3.14. The third kappa shape index (κ3) is 4.24. The van der Waals surface area contributed by atoms with Crippen LogP contribution in [0.2, 0.25) is 0 Å². The highest BCUT2D eigenvalue weighted by Crippen LogP contribution is 2.53. The molecular weight excluding hydrogens is 417 g/mol. The molecule has 1 aliphatic carbocycles. The third-order valence-corrected chi connectivity index (χ3v) is 6.47. The molecule has 1 N–H and O–H groups in total. The minimum absolute atomic E-state index is 0.0254. The van der Waals surface area contributed by atoms with Crippen LogP contribution in [-0.2, 0) is 17.7 Å². The van der Waals surface area contributed by atoms with Gasteiger partial charge < -0.3 is 23.9 Å². The number of halogens is 1. The zero-order valence-electron chi connectivity index (χ0n) is 18.4. The Morgan fingerprint density at radius 1 is 1.19 bits per heavy atom. The molecule has 172 valence electrons. The van der Waals surface area contributed by atoms with Crippen molar-refractivity contribution in [1.29, 1.82) is 0 Å². The summed E-state index contributed by atoms with van der Waals surface area (Å²) in [4.78, 5) is 24.1. The van der Waals surface area contributed by atoms with Gasteiger partial charge in [0.05, 0.1) is 19.4 Å². The van der Waals surface area contributed by atoms with E-state index in [0.717, 1.165) is 31.2 Å². The summed E-state index contributed by atoms with van der Waals surface area (Å²) in [5.74, 6) is -1.48. The lowest BCUT2D eigenvalue weighted by atomic mass is 9.95. The molecule has 2 aliphatic rings. The minimum Gasteiger partial charge on any atom is -0.493 e. The van der Waals surface area contributed by atoms with Gasteiger partial charge in [0.25, 0.3) is 0 Å². The molecule has 0 amide bonds. The number of benzene rings is 1. The lowest BCUT2D eigenvalue weighted by Crippen LogP contribution is -2.25. The molecule has 1 aliphatic heterocycles. The maximum Gasteiger partial charge on any atom is 0.341 e. The second-order valence-electron chi connectivity index (χ2n) is 8.68. The van der Waals surface area contributed by atoms with E-state index in [1.807, 2.05) is 6.07 Å². The van der Waals surface area contributed by atoms with E-state index in [1.54, 1.807) is 17.7 Å². The van der Waals surface area contributed by atoms with Gasteiger partial charge in [0.1, 0.15) is 5.56 Å². The quantitative estimate of drug-likeness (QED) is 0.651. The molecule has 0 radical (unpaired) electrons. The molecule has 2 heterocycles. The maximum atomic E-state index is 15.4. The van der Waals surface area contributed by atoms with Crippen LogP contribution in [0, 0.1) is 11.2 Å². The Balaban J connectivity index is 1.86. The van der Waals surface area contributed by atoms with Crippen LogP contribution in [0.25, 0.3) is 11.3 Å². The zero-order valence-corrected chi connectivity index (χ0v) is 18.4. The number of rotatable bonds is 7. The molecule has 7 nitrogen and oxygen atoms in total. The van der Waals surface area contributed by atoms with Crippen molar-refractivity contribution in [3.05, 3.63) is 45.5 Å². The topological polar surface area (TPSA) is 87.0 Å². The number of carboxylic acids is 1. The second-order valence-corrected chi connectivity index (χ2v) is 8.68. The van der Waals surface area contributed by atoms with Crippen LogP contribution in [0.4, 0.5) is 4.39 Å². The van der Waals surface area contributed by atoms with E-state index in [9.17, 15) is 14.7 Å². The molecule has 0 saturated heterocycles. The molecule has 1 saturated carbocycles. The SMILES string of the molecule is COCCCOc1cc2c(cc1OC)-c1c(F)c(=O)c(C(=O)O)cn1CC1(CCC2)CC1. The van der Waals surface area contributed by atoms with E-state index in [1.165, 1.54) is 13.3 Å². The molecule has 2 aromatic rings. The number of aryl methyl sites for hydroxylation is 1.